The van der Waals surface area contributed by atoms with Crippen molar-refractivity contribution in [3.05, 3.63) is 153 Å². The van der Waals surface area contributed by atoms with Gasteiger partial charge < -0.3 is 45.7 Å². The Morgan fingerprint density at radius 2 is 0.795 bits per heavy atom. The van der Waals surface area contributed by atoms with Crippen molar-refractivity contribution in [1.29, 1.82) is 0 Å². The van der Waals surface area contributed by atoms with E-state index in [-0.39, 0.29) is 37.6 Å². The first kappa shape index (κ1) is 69.9. The van der Waals surface area contributed by atoms with E-state index in [1.165, 1.54) is 19.9 Å². The summed E-state index contributed by atoms with van der Waals surface area (Å²) in [5, 5.41) is 41.5. The van der Waals surface area contributed by atoms with Gasteiger partial charge in [0.25, 0.3) is 28.9 Å². The van der Waals surface area contributed by atoms with Crippen LogP contribution in [0.3, 0.4) is 0 Å². The van der Waals surface area contributed by atoms with E-state index < -0.39 is 155 Å². The number of rotatable bonds is 16. The quantitative estimate of drug-likeness (QED) is 0.0364. The van der Waals surface area contributed by atoms with Crippen LogP contribution in [-0.2, 0) is 18.9 Å². The van der Waals surface area contributed by atoms with Gasteiger partial charge in [0.1, 0.15) is 22.8 Å². The van der Waals surface area contributed by atoms with Crippen LogP contribution >= 0.6 is 0 Å². The lowest BCUT2D eigenvalue weighted by Gasteiger charge is -2.29. The highest BCUT2D eigenvalue weighted by molar-refractivity contribution is 5.25. The van der Waals surface area contributed by atoms with Gasteiger partial charge in [-0.1, -0.05) is 55.1 Å². The second kappa shape index (κ2) is 27.0. The number of halogens is 8. The molecule has 0 aliphatic carbocycles. The van der Waals surface area contributed by atoms with Crippen LogP contribution in [0.1, 0.15) is 72.4 Å². The molecule has 9 N–H and O–H groups in total. The molecule has 0 spiro atoms. The molecule has 4 saturated heterocycles. The zero-order chi connectivity index (χ0) is 66.2. The van der Waals surface area contributed by atoms with Gasteiger partial charge >= 0.3 is 28.7 Å². The zero-order valence-electron chi connectivity index (χ0n) is 46.5. The van der Waals surface area contributed by atoms with Crippen LogP contribution in [0.25, 0.3) is 41.8 Å². The van der Waals surface area contributed by atoms with Crippen LogP contribution in [0.4, 0.5) is 46.8 Å². The maximum atomic E-state index is 14.6. The highest BCUT2D eigenvalue weighted by Gasteiger charge is 2.68. The number of aliphatic hydroxyl groups excluding tert-OH is 3. The highest BCUT2D eigenvalue weighted by Crippen LogP contribution is 2.55. The molecular weight excluding hydrogens is 1210 g/mol. The molecule has 0 bridgehead atoms. The van der Waals surface area contributed by atoms with Crippen LogP contribution < -0.4 is 45.3 Å². The molecule has 0 aromatic carbocycles. The van der Waals surface area contributed by atoms with Crippen LogP contribution in [0.5, 0.6) is 0 Å². The number of ether oxygens (including phenoxy) is 4. The molecule has 8 heterocycles. The van der Waals surface area contributed by atoms with Gasteiger partial charge in [0.15, 0.2) is 6.10 Å². The molecule has 0 saturated carbocycles. The number of aliphatic hydroxyl groups is 3. The number of alkyl halides is 8. The van der Waals surface area contributed by atoms with Gasteiger partial charge in [-0.05, 0) is 47.1 Å². The number of H-pyrrole nitrogens is 2. The van der Waals surface area contributed by atoms with Crippen LogP contribution in [0, 0.1) is 17.8 Å². The van der Waals surface area contributed by atoms with Crippen LogP contribution in [0.2, 0.25) is 0 Å². The number of aromatic nitrogens is 8. The standard InChI is InChI=1S/C12H16F2N6O2.C12H15F2N5O3.C11H13F2N5O4.C10H12F2N6O4/c1-3-11(6-17-19-16)7(2)12(13,14)9(22-11)20-5-4-8(15)18-10(20)21;1-3-11(6-16-18-15)7(2)12(13,14)9(22-11)19-5-4-8(20)17-10(19)21;1-6-10(5-19,4-15-17-14)22-8(11(6,12)13)18-3-2-7(20)16-9(18)21;11-10(12)6(20)9(4-19,3-15-17-14)22-7(10)18-2-1-5(13)16-8(18)21/h4-5,7,9H,3,6H2,1-2H3,(H2,15,18,21);4-5,7,9H,3,6H2,1-2H3,(H,17,20,21);2-3,6,8,19H,4-5H2,1H3,(H,16,20,21);1-2,6-7,19-20H,3-4H2,(H2,13,16,21)/t2*7-,9-,11+;6-,8-,10-;6-,7-,9-/m1111/s1. The third-order valence-electron chi connectivity index (χ3n) is 15.4. The normalized spacial score (nSPS) is 30.0. The molecule has 4 aliphatic heterocycles. The lowest BCUT2D eigenvalue weighted by atomic mass is 9.84. The Morgan fingerprint density at radius 1 is 0.511 bits per heavy atom. The van der Waals surface area contributed by atoms with E-state index in [1.54, 1.807) is 13.8 Å². The summed E-state index contributed by atoms with van der Waals surface area (Å²) < 4.78 is 139. The zero-order valence-corrected chi connectivity index (χ0v) is 46.5. The third-order valence-corrected chi connectivity index (χ3v) is 15.4. The van der Waals surface area contributed by atoms with Gasteiger partial charge in [0, 0.05) is 56.6 Å². The Hall–Kier alpha value is -8.88. The van der Waals surface area contributed by atoms with E-state index in [0.717, 1.165) is 49.9 Å². The number of aromatic amines is 2. The fraction of sp³-hybridized carbons (Fsp3) is 0.644. The molecular formula is C45H56F8N22O13. The number of nitrogens with one attached hydrogen (secondary N) is 2. The molecule has 12 atom stereocenters. The number of nitrogens with two attached hydrogens (primary N) is 2. The summed E-state index contributed by atoms with van der Waals surface area (Å²) in [4.78, 5) is 89.5. The molecule has 4 aliphatic rings. The number of hydrogen-bond acceptors (Lipinski definition) is 21. The van der Waals surface area contributed by atoms with Gasteiger partial charge in [-0.15, -0.1) is 0 Å². The van der Waals surface area contributed by atoms with E-state index in [4.69, 9.17) is 52.5 Å². The van der Waals surface area contributed by atoms with Gasteiger partial charge in [0.2, 0.25) is 24.9 Å². The van der Waals surface area contributed by atoms with Gasteiger partial charge in [-0.25, -0.2) is 45.5 Å². The molecule has 8 rings (SSSR count). The first-order valence-electron chi connectivity index (χ1n) is 25.6. The van der Waals surface area contributed by atoms with Crippen LogP contribution in [-0.4, -0.2) is 145 Å². The van der Waals surface area contributed by atoms with E-state index in [1.807, 2.05) is 9.97 Å². The summed E-state index contributed by atoms with van der Waals surface area (Å²) >= 11 is 0. The number of hydrogen-bond donors (Lipinski definition) is 7. The minimum Gasteiger partial charge on any atom is -0.393 e. The van der Waals surface area contributed by atoms with Crippen molar-refractivity contribution in [3.63, 3.8) is 0 Å². The summed E-state index contributed by atoms with van der Waals surface area (Å²) in [7, 11) is 0. The maximum Gasteiger partial charge on any atom is 0.351 e. The van der Waals surface area contributed by atoms with Crippen molar-refractivity contribution in [1.82, 2.24) is 38.2 Å². The Morgan fingerprint density at radius 3 is 1.11 bits per heavy atom. The average Bonchev–Trinajstić information content (AvgIpc) is 1.72. The van der Waals surface area contributed by atoms with Crippen LogP contribution in [0.15, 0.2) is 98.3 Å². The van der Waals surface area contributed by atoms with Crippen molar-refractivity contribution in [2.24, 2.45) is 38.2 Å². The summed E-state index contributed by atoms with van der Waals surface area (Å²) in [6.07, 6.45) is -6.18. The molecule has 4 aromatic heterocycles. The molecule has 0 radical (unpaired) electrons. The van der Waals surface area contributed by atoms with Crippen molar-refractivity contribution < 1.29 is 69.4 Å². The second-order valence-electron chi connectivity index (χ2n) is 20.1. The van der Waals surface area contributed by atoms with Gasteiger partial charge in [-0.3, -0.25) is 37.8 Å². The van der Waals surface area contributed by atoms with Crippen molar-refractivity contribution in [3.8, 4) is 0 Å². The molecule has 88 heavy (non-hydrogen) atoms. The number of nitrogens with zero attached hydrogens (tertiary/aromatic N) is 18. The van der Waals surface area contributed by atoms with Crippen molar-refractivity contribution >= 4 is 11.6 Å². The molecule has 43 heteroatoms. The monoisotopic (exact) mass is 1260 g/mol. The molecule has 4 fully saturated rings. The fourth-order valence-corrected chi connectivity index (χ4v) is 9.81. The Bertz CT molecular complexity index is 3510. The van der Waals surface area contributed by atoms with E-state index in [0.29, 0.717) is 18.3 Å². The first-order chi connectivity index (χ1) is 41.1. The Balaban J connectivity index is 0.000000214. The summed E-state index contributed by atoms with van der Waals surface area (Å²) in [6.45, 7) is 3.36. The number of anilines is 2. The number of nitrogen functional groups attached to an aromatic ring is 2. The molecule has 480 valence electrons. The summed E-state index contributed by atoms with van der Waals surface area (Å²) in [5.74, 6) is -18.5. The third kappa shape index (κ3) is 13.3. The largest absolute Gasteiger partial charge is 0.393 e. The molecule has 0 amide bonds. The topological polar surface area (TPSA) is 524 Å². The SMILES string of the molecule is CC[C@@]1(CN=[N+]=[N-])O[C@@H](n2ccc(=O)[nH]c2=O)C(F)(F)[C@@H]1C.CC[C@@]1(CN=[N+]=[N-])O[C@@H](n2ccc(N)nc2=O)C(F)(F)[C@@H]1C.C[C@H]1C(F)(F)[C@H](n2ccc(=O)[nH]c2=O)O[C@@]1(CO)CN=[N+]=[N-].[N-]=[N+]=NC[C@]1(CO)O[C@@H](n2ccc(N)nc2=O)C(F)(F)[C@@H]1O. The minimum atomic E-state index is -3.94. The number of azide groups is 4. The minimum absolute atomic E-state index is 0.0635. The van der Waals surface area contributed by atoms with Crippen molar-refractivity contribution in [2.75, 3.05) is 50.9 Å². The van der Waals surface area contributed by atoms with E-state index in [2.05, 4.69) is 50.1 Å². The summed E-state index contributed by atoms with van der Waals surface area (Å²) in [6, 6.07) is 4.20. The van der Waals surface area contributed by atoms with Gasteiger partial charge in [-0.2, -0.15) is 18.7 Å². The predicted octanol–water partition coefficient (Wildman–Crippen LogP) is 3.65. The maximum absolute atomic E-state index is 14.6. The lowest BCUT2D eigenvalue weighted by molar-refractivity contribution is -0.144. The Labute approximate surface area is 485 Å². The molecule has 0 unspecified atom stereocenters. The molecule has 4 aromatic rings. The Kier molecular flexibility index (Phi) is 21.5. The predicted molar refractivity (Wildman–Crippen MR) is 284 cm³/mol. The first-order valence-corrected chi connectivity index (χ1v) is 25.6. The van der Waals surface area contributed by atoms with Crippen molar-refractivity contribution in [2.45, 2.75) is 125 Å². The van der Waals surface area contributed by atoms with E-state index >= 15 is 0 Å². The van der Waals surface area contributed by atoms with Gasteiger partial charge in [0.05, 0.1) is 68.3 Å². The summed E-state index contributed by atoms with van der Waals surface area (Å²) in [5.41, 5.74) is 31.8. The smallest absolute Gasteiger partial charge is 0.351 e. The lowest BCUT2D eigenvalue weighted by Crippen LogP contribution is -2.51. The second-order valence-corrected chi connectivity index (χ2v) is 20.1. The van der Waals surface area contributed by atoms with E-state index in [9.17, 15) is 79.2 Å². The fourth-order valence-electron chi connectivity index (χ4n) is 9.81. The average molecular weight is 1270 g/mol. The highest BCUT2D eigenvalue weighted by atomic mass is 19.3. The molecule has 35 nitrogen and oxygen atoms in total.